The van der Waals surface area contributed by atoms with Gasteiger partial charge in [0.15, 0.2) is 0 Å². The summed E-state index contributed by atoms with van der Waals surface area (Å²) in [6, 6.07) is 1.07. The second-order valence-electron chi connectivity index (χ2n) is 3.91. The van der Waals surface area contributed by atoms with Crippen molar-refractivity contribution in [3.05, 3.63) is 0 Å². The van der Waals surface area contributed by atoms with E-state index in [1.165, 1.54) is 0 Å². The number of rotatable bonds is 5. The number of nitrogens with one attached hydrogen (secondary N) is 1. The zero-order valence-corrected chi connectivity index (χ0v) is 9.42. The minimum atomic E-state index is 0.0486. The molecule has 3 nitrogen and oxygen atoms in total. The molecule has 0 aromatic carbocycles. The van der Waals surface area contributed by atoms with Crippen molar-refractivity contribution in [1.82, 2.24) is 10.2 Å². The van der Waals surface area contributed by atoms with Gasteiger partial charge in [-0.2, -0.15) is 0 Å². The van der Waals surface area contributed by atoms with Crippen LogP contribution in [0.2, 0.25) is 0 Å². The van der Waals surface area contributed by atoms with E-state index in [0.29, 0.717) is 12.1 Å². The Bertz CT molecular complexity index is 147. The lowest BCUT2D eigenvalue weighted by Crippen LogP contribution is -2.42. The Kier molecular flexibility index (Phi) is 5.71. The fourth-order valence-electron chi connectivity index (χ4n) is 1.47. The van der Waals surface area contributed by atoms with Gasteiger partial charge in [0.2, 0.25) is 5.91 Å². The van der Waals surface area contributed by atoms with Gasteiger partial charge < -0.3 is 5.32 Å². The monoisotopic (exact) mass is 186 g/mol. The molecule has 0 aliphatic heterocycles. The summed E-state index contributed by atoms with van der Waals surface area (Å²) in [6.07, 6.45) is 0. The van der Waals surface area contributed by atoms with Crippen molar-refractivity contribution in [3.8, 4) is 0 Å². The maximum Gasteiger partial charge on any atom is 0.216 e. The van der Waals surface area contributed by atoms with Crippen LogP contribution in [0.15, 0.2) is 0 Å². The van der Waals surface area contributed by atoms with Crippen molar-refractivity contribution >= 4 is 5.91 Å². The molecule has 0 aromatic heterocycles. The molecule has 3 heteroatoms. The molecule has 0 bridgehead atoms. The SMILES string of the molecule is CC(=O)NCCN(C(C)C)C(C)C. The summed E-state index contributed by atoms with van der Waals surface area (Å²) >= 11 is 0. The molecule has 0 fully saturated rings. The fraction of sp³-hybridized carbons (Fsp3) is 0.900. The van der Waals surface area contributed by atoms with Crippen LogP contribution >= 0.6 is 0 Å². The average Bonchev–Trinajstić information content (AvgIpc) is 1.95. The predicted molar refractivity (Wildman–Crippen MR) is 55.7 cm³/mol. The first-order valence-corrected chi connectivity index (χ1v) is 4.95. The van der Waals surface area contributed by atoms with E-state index in [1.54, 1.807) is 6.92 Å². The Morgan fingerprint density at radius 1 is 1.23 bits per heavy atom. The largest absolute Gasteiger partial charge is 0.355 e. The van der Waals surface area contributed by atoms with Crippen LogP contribution in [0.25, 0.3) is 0 Å². The number of carbonyl (C=O) groups excluding carboxylic acids is 1. The van der Waals surface area contributed by atoms with Crippen LogP contribution in [0.1, 0.15) is 34.6 Å². The molecule has 0 spiro atoms. The minimum absolute atomic E-state index is 0.0486. The maximum absolute atomic E-state index is 10.6. The van der Waals surface area contributed by atoms with Gasteiger partial charge >= 0.3 is 0 Å². The van der Waals surface area contributed by atoms with Gasteiger partial charge in [0.1, 0.15) is 0 Å². The van der Waals surface area contributed by atoms with Gasteiger partial charge in [-0.25, -0.2) is 0 Å². The summed E-state index contributed by atoms with van der Waals surface area (Å²) in [7, 11) is 0. The lowest BCUT2D eigenvalue weighted by atomic mass is 10.2. The van der Waals surface area contributed by atoms with Gasteiger partial charge in [-0.3, -0.25) is 9.69 Å². The second-order valence-corrected chi connectivity index (χ2v) is 3.91. The minimum Gasteiger partial charge on any atom is -0.355 e. The van der Waals surface area contributed by atoms with E-state index in [2.05, 4.69) is 37.9 Å². The predicted octanol–water partition coefficient (Wildman–Crippen LogP) is 1.24. The van der Waals surface area contributed by atoms with Gasteiger partial charge in [-0.05, 0) is 27.7 Å². The van der Waals surface area contributed by atoms with Gasteiger partial charge in [0, 0.05) is 32.1 Å². The molecule has 0 aromatic rings. The van der Waals surface area contributed by atoms with Gasteiger partial charge in [0.05, 0.1) is 0 Å². The summed E-state index contributed by atoms with van der Waals surface area (Å²) in [5.41, 5.74) is 0. The van der Waals surface area contributed by atoms with Crippen molar-refractivity contribution in [3.63, 3.8) is 0 Å². The van der Waals surface area contributed by atoms with Gasteiger partial charge in [-0.1, -0.05) is 0 Å². The molecule has 0 aliphatic rings. The molecule has 0 radical (unpaired) electrons. The molecule has 0 saturated carbocycles. The topological polar surface area (TPSA) is 32.3 Å². The normalized spacial score (nSPS) is 11.4. The number of hydrogen-bond donors (Lipinski definition) is 1. The van der Waals surface area contributed by atoms with Crippen LogP contribution in [0.4, 0.5) is 0 Å². The van der Waals surface area contributed by atoms with Crippen LogP contribution in [-0.2, 0) is 4.79 Å². The van der Waals surface area contributed by atoms with E-state index >= 15 is 0 Å². The van der Waals surface area contributed by atoms with E-state index in [4.69, 9.17) is 0 Å². The molecule has 1 N–H and O–H groups in total. The quantitative estimate of drug-likeness (QED) is 0.700. The van der Waals surface area contributed by atoms with E-state index in [0.717, 1.165) is 13.1 Å². The molecule has 78 valence electrons. The summed E-state index contributed by atoms with van der Waals surface area (Å²) in [5.74, 6) is 0.0486. The maximum atomic E-state index is 10.6. The fourth-order valence-corrected chi connectivity index (χ4v) is 1.47. The summed E-state index contributed by atoms with van der Waals surface area (Å²) < 4.78 is 0. The highest BCUT2D eigenvalue weighted by Crippen LogP contribution is 2.02. The Morgan fingerprint density at radius 2 is 1.69 bits per heavy atom. The van der Waals surface area contributed by atoms with E-state index in [9.17, 15) is 4.79 Å². The van der Waals surface area contributed by atoms with E-state index < -0.39 is 0 Å². The molecule has 0 unspecified atom stereocenters. The smallest absolute Gasteiger partial charge is 0.216 e. The Labute approximate surface area is 81.5 Å². The summed E-state index contributed by atoms with van der Waals surface area (Å²) in [5, 5.41) is 2.81. The zero-order valence-electron chi connectivity index (χ0n) is 9.42. The van der Waals surface area contributed by atoms with Gasteiger partial charge in [0.25, 0.3) is 0 Å². The van der Waals surface area contributed by atoms with Crippen LogP contribution in [0.3, 0.4) is 0 Å². The Balaban J connectivity index is 3.77. The molecule has 0 rings (SSSR count). The third-order valence-corrected chi connectivity index (χ3v) is 2.07. The Morgan fingerprint density at radius 3 is 2.00 bits per heavy atom. The summed E-state index contributed by atoms with van der Waals surface area (Å²) in [6.45, 7) is 11.9. The standard InChI is InChI=1S/C10H22N2O/c1-8(2)12(9(3)4)7-6-11-10(5)13/h8-9H,6-7H2,1-5H3,(H,11,13). The molecule has 0 aliphatic carbocycles. The molecule has 0 heterocycles. The number of amides is 1. The third-order valence-electron chi connectivity index (χ3n) is 2.07. The third kappa shape index (κ3) is 5.64. The van der Waals surface area contributed by atoms with Crippen molar-refractivity contribution in [1.29, 1.82) is 0 Å². The van der Waals surface area contributed by atoms with Crippen molar-refractivity contribution in [2.45, 2.75) is 46.7 Å². The number of carbonyl (C=O) groups is 1. The molecule has 0 saturated heterocycles. The highest BCUT2D eigenvalue weighted by atomic mass is 16.1. The van der Waals surface area contributed by atoms with Crippen molar-refractivity contribution in [2.75, 3.05) is 13.1 Å². The lowest BCUT2D eigenvalue weighted by molar-refractivity contribution is -0.119. The lowest BCUT2D eigenvalue weighted by Gasteiger charge is -2.30. The zero-order chi connectivity index (χ0) is 10.4. The number of nitrogens with zero attached hydrogens (tertiary/aromatic N) is 1. The van der Waals surface area contributed by atoms with Crippen LogP contribution in [0, 0.1) is 0 Å². The molecular weight excluding hydrogens is 164 g/mol. The highest BCUT2D eigenvalue weighted by Gasteiger charge is 2.12. The van der Waals surface area contributed by atoms with Crippen LogP contribution in [0.5, 0.6) is 0 Å². The van der Waals surface area contributed by atoms with Crippen LogP contribution in [-0.4, -0.2) is 36.0 Å². The molecule has 13 heavy (non-hydrogen) atoms. The molecule has 1 amide bonds. The van der Waals surface area contributed by atoms with Crippen molar-refractivity contribution in [2.24, 2.45) is 0 Å². The first kappa shape index (κ1) is 12.4. The van der Waals surface area contributed by atoms with Crippen molar-refractivity contribution < 1.29 is 4.79 Å². The Hall–Kier alpha value is -0.570. The average molecular weight is 186 g/mol. The molecular formula is C10H22N2O. The van der Waals surface area contributed by atoms with Gasteiger partial charge in [-0.15, -0.1) is 0 Å². The number of hydrogen-bond acceptors (Lipinski definition) is 2. The highest BCUT2D eigenvalue weighted by molar-refractivity contribution is 5.72. The first-order valence-electron chi connectivity index (χ1n) is 4.95. The van der Waals surface area contributed by atoms with E-state index in [1.807, 2.05) is 0 Å². The summed E-state index contributed by atoms with van der Waals surface area (Å²) in [4.78, 5) is 13.0. The second kappa shape index (κ2) is 5.97. The van der Waals surface area contributed by atoms with Crippen LogP contribution < -0.4 is 5.32 Å². The van der Waals surface area contributed by atoms with E-state index in [-0.39, 0.29) is 5.91 Å². The molecule has 0 atom stereocenters. The first-order chi connectivity index (χ1) is 5.95.